The topological polar surface area (TPSA) is 30.5 Å². The van der Waals surface area contributed by atoms with Gasteiger partial charge in [0.1, 0.15) is 0 Å². The molecule has 2 saturated heterocycles. The standard InChI is InChI=1S/C12H24Cl2N4/c13-12(14)2-4-16-5-8-17-7-1-3-15-6-9-18(12)11-10-17/h15-16H,1-11H2. The van der Waals surface area contributed by atoms with Gasteiger partial charge in [-0.1, -0.05) is 23.2 Å². The molecular formula is C12H24Cl2N4. The van der Waals surface area contributed by atoms with E-state index in [2.05, 4.69) is 20.4 Å². The lowest BCUT2D eigenvalue weighted by molar-refractivity contribution is 0.155. The molecule has 0 aromatic rings. The molecule has 2 N–H and O–H groups in total. The first-order valence-corrected chi connectivity index (χ1v) is 7.71. The molecule has 4 nitrogen and oxygen atoms in total. The fourth-order valence-electron chi connectivity index (χ4n) is 2.56. The second-order valence-electron chi connectivity index (χ2n) is 5.10. The van der Waals surface area contributed by atoms with Crippen molar-refractivity contribution >= 4 is 23.2 Å². The third-order valence-corrected chi connectivity index (χ3v) is 4.60. The minimum atomic E-state index is -0.739. The number of alkyl halides is 2. The first-order valence-electron chi connectivity index (χ1n) is 6.95. The van der Waals surface area contributed by atoms with Crippen LogP contribution in [0.2, 0.25) is 0 Å². The highest BCUT2D eigenvalue weighted by molar-refractivity contribution is 6.48. The third kappa shape index (κ3) is 4.51. The fraction of sp³-hybridized carbons (Fsp3) is 1.00. The minimum absolute atomic E-state index is 0.739. The van der Waals surface area contributed by atoms with E-state index in [0.29, 0.717) is 0 Å². The molecule has 2 heterocycles. The summed E-state index contributed by atoms with van der Waals surface area (Å²) < 4.78 is -0.739. The van der Waals surface area contributed by atoms with E-state index in [4.69, 9.17) is 23.2 Å². The van der Waals surface area contributed by atoms with Gasteiger partial charge in [-0.3, -0.25) is 4.90 Å². The molecule has 2 aliphatic rings. The van der Waals surface area contributed by atoms with Crippen molar-refractivity contribution in [2.24, 2.45) is 0 Å². The molecule has 0 saturated carbocycles. The van der Waals surface area contributed by atoms with Crippen molar-refractivity contribution in [2.45, 2.75) is 17.3 Å². The summed E-state index contributed by atoms with van der Waals surface area (Å²) in [4.78, 5) is 4.70. The van der Waals surface area contributed by atoms with E-state index in [1.807, 2.05) is 0 Å². The van der Waals surface area contributed by atoms with Crippen molar-refractivity contribution < 1.29 is 0 Å². The summed E-state index contributed by atoms with van der Waals surface area (Å²) in [6.45, 7) is 9.15. The van der Waals surface area contributed by atoms with Crippen LogP contribution in [0.25, 0.3) is 0 Å². The van der Waals surface area contributed by atoms with Crippen molar-refractivity contribution in [3.63, 3.8) is 0 Å². The first kappa shape index (κ1) is 14.8. The molecule has 0 aliphatic carbocycles. The van der Waals surface area contributed by atoms with Gasteiger partial charge in [0, 0.05) is 45.7 Å². The highest BCUT2D eigenvalue weighted by Crippen LogP contribution is 2.29. The molecule has 2 atom stereocenters. The van der Waals surface area contributed by atoms with Crippen LogP contribution >= 0.6 is 23.2 Å². The Hall–Kier alpha value is 0.420. The number of nitrogens with one attached hydrogen (secondary N) is 2. The van der Waals surface area contributed by atoms with Gasteiger partial charge >= 0.3 is 0 Å². The summed E-state index contributed by atoms with van der Waals surface area (Å²) in [6, 6.07) is 0. The van der Waals surface area contributed by atoms with Crippen molar-refractivity contribution in [1.82, 2.24) is 20.4 Å². The largest absolute Gasteiger partial charge is 0.315 e. The van der Waals surface area contributed by atoms with E-state index >= 15 is 0 Å². The third-order valence-electron chi connectivity index (χ3n) is 3.74. The number of hydrogen-bond acceptors (Lipinski definition) is 4. The highest BCUT2D eigenvalue weighted by atomic mass is 35.5. The van der Waals surface area contributed by atoms with Crippen molar-refractivity contribution in [1.29, 1.82) is 0 Å². The Kier molecular flexibility index (Phi) is 5.98. The Morgan fingerprint density at radius 1 is 0.778 bits per heavy atom. The molecule has 0 spiro atoms. The zero-order chi connectivity index (χ0) is 12.8. The van der Waals surface area contributed by atoms with Gasteiger partial charge in [-0.15, -0.1) is 0 Å². The quantitative estimate of drug-likeness (QED) is 0.509. The zero-order valence-corrected chi connectivity index (χ0v) is 12.4. The van der Waals surface area contributed by atoms with Crippen LogP contribution in [0.4, 0.5) is 0 Å². The molecule has 2 bridgehead atoms. The number of nitrogens with zero attached hydrogens (tertiary/aromatic N) is 2. The SMILES string of the molecule is ClC1(Cl)CCNCCN2CCCNCCN1CC2. The van der Waals surface area contributed by atoms with Crippen molar-refractivity contribution in [3.8, 4) is 0 Å². The molecule has 0 aromatic carbocycles. The lowest BCUT2D eigenvalue weighted by Gasteiger charge is -2.38. The normalized spacial score (nSPS) is 35.0. The fourth-order valence-corrected chi connectivity index (χ4v) is 3.09. The smallest absolute Gasteiger partial charge is 0.172 e. The van der Waals surface area contributed by atoms with Crippen LogP contribution in [0.5, 0.6) is 0 Å². The van der Waals surface area contributed by atoms with Gasteiger partial charge in [0.2, 0.25) is 0 Å². The van der Waals surface area contributed by atoms with Gasteiger partial charge in [0.15, 0.2) is 4.46 Å². The van der Waals surface area contributed by atoms with Crippen LogP contribution in [0.1, 0.15) is 12.8 Å². The van der Waals surface area contributed by atoms with Gasteiger partial charge < -0.3 is 15.5 Å². The molecule has 2 unspecified atom stereocenters. The van der Waals surface area contributed by atoms with E-state index in [1.165, 1.54) is 6.42 Å². The molecular weight excluding hydrogens is 271 g/mol. The number of rotatable bonds is 0. The Bertz CT molecular complexity index is 248. The van der Waals surface area contributed by atoms with E-state index in [0.717, 1.165) is 65.3 Å². The minimum Gasteiger partial charge on any atom is -0.315 e. The van der Waals surface area contributed by atoms with Crippen LogP contribution in [-0.2, 0) is 0 Å². The van der Waals surface area contributed by atoms with E-state index in [-0.39, 0.29) is 0 Å². The maximum absolute atomic E-state index is 6.49. The Morgan fingerprint density at radius 2 is 1.56 bits per heavy atom. The van der Waals surface area contributed by atoms with Gasteiger partial charge in [-0.05, 0) is 26.1 Å². The average Bonchev–Trinajstić information content (AvgIpc) is 2.35. The molecule has 2 fully saturated rings. The predicted octanol–water partition coefficient (Wildman–Crippen LogP) is 0.708. The lowest BCUT2D eigenvalue weighted by Crippen LogP contribution is -2.51. The molecule has 6 heteroatoms. The summed E-state index contributed by atoms with van der Waals surface area (Å²) in [6.07, 6.45) is 1.99. The van der Waals surface area contributed by atoms with Crippen LogP contribution in [0.15, 0.2) is 0 Å². The van der Waals surface area contributed by atoms with Crippen LogP contribution in [-0.4, -0.2) is 73.2 Å². The molecule has 0 aromatic heterocycles. The van der Waals surface area contributed by atoms with Gasteiger partial charge in [-0.25, -0.2) is 0 Å². The first-order chi connectivity index (χ1) is 8.68. The van der Waals surface area contributed by atoms with Gasteiger partial charge in [0.25, 0.3) is 0 Å². The summed E-state index contributed by atoms with van der Waals surface area (Å²) in [5, 5.41) is 6.89. The molecule has 18 heavy (non-hydrogen) atoms. The Labute approximate surface area is 120 Å². The summed E-state index contributed by atoms with van der Waals surface area (Å²) in [5.41, 5.74) is 0. The number of hydrogen-bond donors (Lipinski definition) is 2. The molecule has 106 valence electrons. The number of halogens is 2. The second kappa shape index (κ2) is 7.27. The highest BCUT2D eigenvalue weighted by Gasteiger charge is 2.32. The summed E-state index contributed by atoms with van der Waals surface area (Å²) in [5.74, 6) is 0. The maximum Gasteiger partial charge on any atom is 0.172 e. The molecule has 2 rings (SSSR count). The Balaban J connectivity index is 2.03. The second-order valence-corrected chi connectivity index (χ2v) is 6.54. The van der Waals surface area contributed by atoms with E-state index in [9.17, 15) is 0 Å². The van der Waals surface area contributed by atoms with Crippen LogP contribution < -0.4 is 10.6 Å². The predicted molar refractivity (Wildman–Crippen MR) is 77.4 cm³/mol. The Morgan fingerprint density at radius 3 is 2.44 bits per heavy atom. The van der Waals surface area contributed by atoms with Gasteiger partial charge in [-0.2, -0.15) is 0 Å². The van der Waals surface area contributed by atoms with Gasteiger partial charge in [0.05, 0.1) is 0 Å². The summed E-state index contributed by atoms with van der Waals surface area (Å²) >= 11 is 13.0. The van der Waals surface area contributed by atoms with E-state index < -0.39 is 4.46 Å². The van der Waals surface area contributed by atoms with Crippen LogP contribution in [0, 0.1) is 0 Å². The number of fused-ring (bicyclic) bond motifs is 3. The average molecular weight is 295 g/mol. The lowest BCUT2D eigenvalue weighted by atomic mass is 10.2. The van der Waals surface area contributed by atoms with Crippen molar-refractivity contribution in [2.75, 3.05) is 58.9 Å². The van der Waals surface area contributed by atoms with E-state index in [1.54, 1.807) is 0 Å². The van der Waals surface area contributed by atoms with Crippen LogP contribution in [0.3, 0.4) is 0 Å². The molecule has 2 aliphatic heterocycles. The molecule has 0 radical (unpaired) electrons. The molecule has 0 amide bonds. The van der Waals surface area contributed by atoms with Crippen molar-refractivity contribution in [3.05, 3.63) is 0 Å². The summed E-state index contributed by atoms with van der Waals surface area (Å²) in [7, 11) is 0. The maximum atomic E-state index is 6.49. The zero-order valence-electron chi connectivity index (χ0n) is 10.9. The monoisotopic (exact) mass is 294 g/mol.